The summed E-state index contributed by atoms with van der Waals surface area (Å²) in [5.74, 6) is 1.60. The second-order valence-corrected chi connectivity index (χ2v) is 10.7. The van der Waals surface area contributed by atoms with Crippen molar-refractivity contribution < 1.29 is 0 Å². The largest absolute Gasteiger partial charge is 0.378 e. The van der Waals surface area contributed by atoms with Gasteiger partial charge in [-0.15, -0.1) is 0 Å². The van der Waals surface area contributed by atoms with Gasteiger partial charge in [0.05, 0.1) is 0 Å². The second kappa shape index (κ2) is 9.73. The fourth-order valence-corrected chi connectivity index (χ4v) is 5.30. The van der Waals surface area contributed by atoms with Gasteiger partial charge in [-0.3, -0.25) is 4.90 Å². The highest BCUT2D eigenvalue weighted by atomic mass is 15.3. The lowest BCUT2D eigenvalue weighted by molar-refractivity contribution is 0.169. The molecule has 0 amide bonds. The van der Waals surface area contributed by atoms with Crippen LogP contribution in [0, 0.1) is 11.3 Å². The van der Waals surface area contributed by atoms with Crippen LogP contribution in [-0.4, -0.2) is 51.7 Å². The van der Waals surface area contributed by atoms with E-state index >= 15 is 0 Å². The molecule has 0 N–H and O–H groups in total. The van der Waals surface area contributed by atoms with Crippen LogP contribution in [-0.2, 0) is 0 Å². The van der Waals surface area contributed by atoms with Crippen LogP contribution in [0.4, 0.5) is 11.4 Å². The van der Waals surface area contributed by atoms with E-state index in [1.54, 1.807) is 5.56 Å². The average molecular weight is 400 g/mol. The lowest BCUT2D eigenvalue weighted by Crippen LogP contribution is -2.47. The molecule has 1 saturated carbocycles. The van der Waals surface area contributed by atoms with Crippen LogP contribution in [0.5, 0.6) is 0 Å². The van der Waals surface area contributed by atoms with Crippen molar-refractivity contribution in [1.29, 1.82) is 0 Å². The predicted octanol–water partition coefficient (Wildman–Crippen LogP) is 5.99. The standard InChI is InChI=1S/C26H45N3/c1-7-8-15-28-16-18-29(19-17-28)25-14-13-23(27(5)6)20-24(25)21-9-11-22(12-10-21)26(2,3)4/h13-14,20-22H,7-12,15-19H2,1-6H3. The fraction of sp³-hybridized carbons (Fsp3) is 0.769. The van der Waals surface area contributed by atoms with Crippen molar-refractivity contribution >= 4 is 11.4 Å². The smallest absolute Gasteiger partial charge is 0.0404 e. The van der Waals surface area contributed by atoms with Gasteiger partial charge in [0, 0.05) is 51.6 Å². The van der Waals surface area contributed by atoms with Gasteiger partial charge in [0.2, 0.25) is 0 Å². The average Bonchev–Trinajstić information content (AvgIpc) is 2.71. The molecular weight excluding hydrogens is 354 g/mol. The fourth-order valence-electron chi connectivity index (χ4n) is 5.30. The quantitative estimate of drug-likeness (QED) is 0.581. The van der Waals surface area contributed by atoms with E-state index in [9.17, 15) is 0 Å². The molecule has 0 unspecified atom stereocenters. The van der Waals surface area contributed by atoms with Gasteiger partial charge in [-0.1, -0.05) is 34.1 Å². The number of benzene rings is 1. The lowest BCUT2D eigenvalue weighted by Gasteiger charge is -2.40. The number of nitrogens with zero attached hydrogens (tertiary/aromatic N) is 3. The van der Waals surface area contributed by atoms with E-state index in [2.05, 4.69) is 74.7 Å². The Balaban J connectivity index is 1.75. The zero-order chi connectivity index (χ0) is 21.0. The normalized spacial score (nSPS) is 24.0. The minimum absolute atomic E-state index is 0.452. The number of hydrogen-bond acceptors (Lipinski definition) is 3. The van der Waals surface area contributed by atoms with Crippen molar-refractivity contribution in [2.45, 2.75) is 72.1 Å². The van der Waals surface area contributed by atoms with Crippen molar-refractivity contribution in [3.8, 4) is 0 Å². The maximum Gasteiger partial charge on any atom is 0.0404 e. The Morgan fingerprint density at radius 2 is 1.62 bits per heavy atom. The third-order valence-electron chi connectivity index (χ3n) is 7.46. The van der Waals surface area contributed by atoms with E-state index < -0.39 is 0 Å². The predicted molar refractivity (Wildman–Crippen MR) is 128 cm³/mol. The SMILES string of the molecule is CCCCN1CCN(c2ccc(N(C)C)cc2C2CCC(C(C)(C)C)CC2)CC1. The summed E-state index contributed by atoms with van der Waals surface area (Å²) in [5.41, 5.74) is 4.94. The van der Waals surface area contributed by atoms with Crippen LogP contribution in [0.1, 0.15) is 77.7 Å². The molecule has 0 bridgehead atoms. The number of rotatable bonds is 6. The lowest BCUT2D eigenvalue weighted by atomic mass is 9.68. The van der Waals surface area contributed by atoms with Crippen molar-refractivity contribution in [2.24, 2.45) is 11.3 Å². The number of unbranched alkanes of at least 4 members (excludes halogenated alkanes) is 1. The monoisotopic (exact) mass is 399 g/mol. The first-order chi connectivity index (χ1) is 13.8. The van der Waals surface area contributed by atoms with E-state index in [1.165, 1.54) is 82.6 Å². The molecule has 3 rings (SSSR count). The van der Waals surface area contributed by atoms with Gasteiger partial charge < -0.3 is 9.80 Å². The third kappa shape index (κ3) is 5.69. The van der Waals surface area contributed by atoms with Crippen LogP contribution in [0.3, 0.4) is 0 Å². The first kappa shape index (κ1) is 22.5. The zero-order valence-corrected chi connectivity index (χ0v) is 20.0. The Hall–Kier alpha value is -1.22. The molecule has 0 spiro atoms. The Labute approximate surface area is 180 Å². The van der Waals surface area contributed by atoms with E-state index in [-0.39, 0.29) is 0 Å². The summed E-state index contributed by atoms with van der Waals surface area (Å²) in [6.45, 7) is 15.6. The molecule has 1 saturated heterocycles. The van der Waals surface area contributed by atoms with Gasteiger partial charge in [0.25, 0.3) is 0 Å². The summed E-state index contributed by atoms with van der Waals surface area (Å²) >= 11 is 0. The molecule has 1 heterocycles. The summed E-state index contributed by atoms with van der Waals surface area (Å²) in [5, 5.41) is 0. The van der Waals surface area contributed by atoms with Crippen molar-refractivity contribution in [2.75, 3.05) is 56.6 Å². The Bertz CT molecular complexity index is 630. The molecule has 164 valence electrons. The van der Waals surface area contributed by atoms with Crippen LogP contribution >= 0.6 is 0 Å². The Kier molecular flexibility index (Phi) is 7.53. The second-order valence-electron chi connectivity index (χ2n) is 10.7. The molecule has 29 heavy (non-hydrogen) atoms. The maximum absolute atomic E-state index is 2.67. The van der Waals surface area contributed by atoms with Crippen molar-refractivity contribution in [3.05, 3.63) is 23.8 Å². The third-order valence-corrected chi connectivity index (χ3v) is 7.46. The van der Waals surface area contributed by atoms with Gasteiger partial charge in [-0.2, -0.15) is 0 Å². The molecule has 1 aliphatic carbocycles. The first-order valence-electron chi connectivity index (χ1n) is 12.1. The first-order valence-corrected chi connectivity index (χ1v) is 12.1. The molecule has 0 aromatic heterocycles. The van der Waals surface area contributed by atoms with Gasteiger partial charge in [0.15, 0.2) is 0 Å². The summed E-state index contributed by atoms with van der Waals surface area (Å²) in [4.78, 5) is 7.59. The van der Waals surface area contributed by atoms with Gasteiger partial charge in [0.1, 0.15) is 0 Å². The summed E-state index contributed by atoms with van der Waals surface area (Å²) in [7, 11) is 4.34. The maximum atomic E-state index is 2.67. The van der Waals surface area contributed by atoms with Crippen molar-refractivity contribution in [1.82, 2.24) is 4.90 Å². The Morgan fingerprint density at radius 1 is 0.966 bits per heavy atom. The topological polar surface area (TPSA) is 9.72 Å². The summed E-state index contributed by atoms with van der Waals surface area (Å²) in [6.07, 6.45) is 8.09. The molecule has 1 aromatic carbocycles. The van der Waals surface area contributed by atoms with Gasteiger partial charge in [-0.25, -0.2) is 0 Å². The minimum Gasteiger partial charge on any atom is -0.378 e. The van der Waals surface area contributed by atoms with Crippen LogP contribution in [0.25, 0.3) is 0 Å². The van der Waals surface area contributed by atoms with E-state index in [1.807, 2.05) is 0 Å². The molecule has 1 aliphatic heterocycles. The minimum atomic E-state index is 0.452. The molecule has 2 fully saturated rings. The van der Waals surface area contributed by atoms with Crippen LogP contribution in [0.15, 0.2) is 18.2 Å². The number of anilines is 2. The highest BCUT2D eigenvalue weighted by Crippen LogP contribution is 2.45. The molecule has 3 nitrogen and oxygen atoms in total. The molecule has 0 radical (unpaired) electrons. The highest BCUT2D eigenvalue weighted by Gasteiger charge is 2.32. The summed E-state index contributed by atoms with van der Waals surface area (Å²) in [6, 6.07) is 7.24. The summed E-state index contributed by atoms with van der Waals surface area (Å²) < 4.78 is 0. The Morgan fingerprint density at radius 3 is 2.17 bits per heavy atom. The van der Waals surface area contributed by atoms with Gasteiger partial charge >= 0.3 is 0 Å². The molecule has 1 aromatic rings. The number of hydrogen-bond donors (Lipinski definition) is 0. The van der Waals surface area contributed by atoms with E-state index in [0.29, 0.717) is 5.41 Å². The van der Waals surface area contributed by atoms with E-state index in [0.717, 1.165) is 11.8 Å². The van der Waals surface area contributed by atoms with Crippen molar-refractivity contribution in [3.63, 3.8) is 0 Å². The molecule has 0 atom stereocenters. The van der Waals surface area contributed by atoms with Crippen LogP contribution < -0.4 is 9.80 Å². The zero-order valence-electron chi connectivity index (χ0n) is 20.0. The van der Waals surface area contributed by atoms with Gasteiger partial charge in [-0.05, 0) is 79.7 Å². The number of piperazine rings is 1. The highest BCUT2D eigenvalue weighted by molar-refractivity contribution is 5.63. The molecular formula is C26H45N3. The molecule has 2 aliphatic rings. The van der Waals surface area contributed by atoms with E-state index in [4.69, 9.17) is 0 Å². The van der Waals surface area contributed by atoms with Crippen LogP contribution in [0.2, 0.25) is 0 Å². The molecule has 3 heteroatoms.